The summed E-state index contributed by atoms with van der Waals surface area (Å²) in [5, 5.41) is 5.29. The fraction of sp³-hybridized carbons (Fsp3) is 0.267. The summed E-state index contributed by atoms with van der Waals surface area (Å²) in [7, 11) is 0. The Morgan fingerprint density at radius 2 is 1.71 bits per heavy atom. The van der Waals surface area contributed by atoms with E-state index in [1.807, 2.05) is 0 Å². The molecule has 0 bridgehead atoms. The Hall–Kier alpha value is -4.79. The van der Waals surface area contributed by atoms with Gasteiger partial charge in [-0.2, -0.15) is 13.2 Å². The van der Waals surface area contributed by atoms with Crippen LogP contribution in [0.2, 0.25) is 0 Å². The van der Waals surface area contributed by atoms with Crippen molar-refractivity contribution in [3.05, 3.63) is 77.4 Å². The number of amides is 3. The van der Waals surface area contributed by atoms with Gasteiger partial charge in [-0.3, -0.25) is 9.59 Å². The number of alkyl halides is 3. The smallest absolute Gasteiger partial charge is 0.416 e. The van der Waals surface area contributed by atoms with Gasteiger partial charge in [0.1, 0.15) is 17.7 Å². The van der Waals surface area contributed by atoms with Gasteiger partial charge in [-0.25, -0.2) is 18.6 Å². The first kappa shape index (κ1) is 31.6. The van der Waals surface area contributed by atoms with E-state index in [0.717, 1.165) is 41.7 Å². The fourth-order valence-electron chi connectivity index (χ4n) is 4.90. The second-order valence-corrected chi connectivity index (χ2v) is 11.4. The standard InChI is InChI=1S/C30H25F5N4O5S/c31-20-9-8-19(12-22(20)37-26(40)11-15-2-1-3-17(10-15)30(33,34)35)43-24-14-25-23(13-21(24)32)38-29(45-25)39-27(41)16-4-6-18(7-5-16)44-28(36)42/h1-3,8-10,12-14,16,18H,4-7,11H2,(H2,36,42)(H,37,40)(H,38,39,41). The highest BCUT2D eigenvalue weighted by Gasteiger charge is 2.31. The largest absolute Gasteiger partial charge is 0.454 e. The topological polar surface area (TPSA) is 133 Å². The Morgan fingerprint density at radius 1 is 0.956 bits per heavy atom. The minimum atomic E-state index is -4.58. The Labute approximate surface area is 256 Å². The zero-order chi connectivity index (χ0) is 32.3. The normalized spacial score (nSPS) is 16.6. The van der Waals surface area contributed by atoms with Gasteiger partial charge in [0, 0.05) is 24.1 Å². The maximum atomic E-state index is 14.9. The lowest BCUT2D eigenvalue weighted by Crippen LogP contribution is -2.32. The number of benzene rings is 3. The molecule has 45 heavy (non-hydrogen) atoms. The molecule has 1 aromatic heterocycles. The number of thiazole rings is 1. The van der Waals surface area contributed by atoms with Gasteiger partial charge in [-0.15, -0.1) is 0 Å². The summed E-state index contributed by atoms with van der Waals surface area (Å²) in [4.78, 5) is 40.4. The molecular weight excluding hydrogens is 623 g/mol. The third-order valence-corrected chi connectivity index (χ3v) is 7.99. The Balaban J connectivity index is 1.23. The van der Waals surface area contributed by atoms with Gasteiger partial charge in [-0.05, 0) is 49.4 Å². The summed E-state index contributed by atoms with van der Waals surface area (Å²) in [5.41, 5.74) is 4.16. The summed E-state index contributed by atoms with van der Waals surface area (Å²) in [6.45, 7) is 0. The van der Waals surface area contributed by atoms with Gasteiger partial charge < -0.3 is 25.8 Å². The van der Waals surface area contributed by atoms with E-state index in [2.05, 4.69) is 15.6 Å². The van der Waals surface area contributed by atoms with Gasteiger partial charge in [0.15, 0.2) is 16.7 Å². The average molecular weight is 649 g/mol. The molecule has 0 unspecified atom stereocenters. The SMILES string of the molecule is NC(=O)OC1CCC(C(=O)Nc2nc3cc(F)c(Oc4ccc(F)c(NC(=O)Cc5cccc(C(F)(F)F)c5)c4)cc3s2)CC1. The molecule has 0 radical (unpaired) electrons. The van der Waals surface area contributed by atoms with Crippen molar-refractivity contribution in [2.75, 3.05) is 10.6 Å². The molecule has 1 aliphatic carbocycles. The van der Waals surface area contributed by atoms with Crippen LogP contribution < -0.4 is 21.1 Å². The van der Waals surface area contributed by atoms with Crippen LogP contribution in [0.3, 0.4) is 0 Å². The Bertz CT molecular complexity index is 1750. The molecule has 5 rings (SSSR count). The number of halogens is 5. The van der Waals surface area contributed by atoms with Crippen molar-refractivity contribution in [1.82, 2.24) is 4.98 Å². The predicted molar refractivity (Wildman–Crippen MR) is 155 cm³/mol. The first-order valence-electron chi connectivity index (χ1n) is 13.6. The highest BCUT2D eigenvalue weighted by molar-refractivity contribution is 7.22. The fourth-order valence-corrected chi connectivity index (χ4v) is 5.78. The number of nitrogens with one attached hydrogen (secondary N) is 2. The van der Waals surface area contributed by atoms with Gasteiger partial charge in [0.05, 0.1) is 27.9 Å². The van der Waals surface area contributed by atoms with Crippen LogP contribution in [0, 0.1) is 17.6 Å². The minimum Gasteiger partial charge on any atom is -0.454 e. The molecule has 1 fully saturated rings. The quantitative estimate of drug-likeness (QED) is 0.174. The predicted octanol–water partition coefficient (Wildman–Crippen LogP) is 7.16. The van der Waals surface area contributed by atoms with E-state index in [-0.39, 0.29) is 51.3 Å². The lowest BCUT2D eigenvalue weighted by Gasteiger charge is -2.26. The first-order chi connectivity index (χ1) is 21.3. The highest BCUT2D eigenvalue weighted by atomic mass is 32.1. The number of primary amides is 1. The van der Waals surface area contributed by atoms with Crippen LogP contribution in [0.1, 0.15) is 36.8 Å². The van der Waals surface area contributed by atoms with Crippen molar-refractivity contribution in [2.45, 2.75) is 44.4 Å². The van der Waals surface area contributed by atoms with Crippen molar-refractivity contribution in [1.29, 1.82) is 0 Å². The monoisotopic (exact) mass is 648 g/mol. The van der Waals surface area contributed by atoms with Crippen molar-refractivity contribution in [3.63, 3.8) is 0 Å². The van der Waals surface area contributed by atoms with E-state index in [9.17, 15) is 36.3 Å². The summed E-state index contributed by atoms with van der Waals surface area (Å²) in [6, 6.07) is 10.0. The first-order valence-corrected chi connectivity index (χ1v) is 14.5. The van der Waals surface area contributed by atoms with Crippen LogP contribution in [0.15, 0.2) is 54.6 Å². The Kier molecular flexibility index (Phi) is 9.18. The number of ether oxygens (including phenoxy) is 2. The molecule has 0 atom stereocenters. The van der Waals surface area contributed by atoms with E-state index in [1.165, 1.54) is 24.3 Å². The molecule has 4 N–H and O–H groups in total. The molecule has 0 spiro atoms. The number of nitrogens with zero attached hydrogens (tertiary/aromatic N) is 1. The third-order valence-electron chi connectivity index (χ3n) is 7.06. The number of aromatic nitrogens is 1. The van der Waals surface area contributed by atoms with E-state index in [4.69, 9.17) is 15.2 Å². The van der Waals surface area contributed by atoms with Crippen LogP contribution >= 0.6 is 11.3 Å². The molecule has 3 amide bonds. The maximum Gasteiger partial charge on any atom is 0.416 e. The maximum absolute atomic E-state index is 14.9. The number of hydrogen-bond acceptors (Lipinski definition) is 7. The Morgan fingerprint density at radius 3 is 2.42 bits per heavy atom. The molecule has 1 heterocycles. The van der Waals surface area contributed by atoms with Gasteiger partial charge >= 0.3 is 12.3 Å². The number of carbonyl (C=O) groups excluding carboxylic acids is 3. The van der Waals surface area contributed by atoms with Crippen molar-refractivity contribution < 1.29 is 45.8 Å². The summed E-state index contributed by atoms with van der Waals surface area (Å²) in [6.07, 6.45) is -4.23. The molecule has 3 aromatic carbocycles. The molecule has 1 aliphatic rings. The van der Waals surface area contributed by atoms with Crippen LogP contribution in [0.4, 0.5) is 37.6 Å². The number of hydrogen-bond donors (Lipinski definition) is 3. The number of rotatable bonds is 8. The molecule has 0 saturated heterocycles. The van der Waals surface area contributed by atoms with Crippen molar-refractivity contribution in [3.8, 4) is 11.5 Å². The van der Waals surface area contributed by atoms with E-state index in [1.54, 1.807) is 0 Å². The second kappa shape index (κ2) is 13.1. The van der Waals surface area contributed by atoms with Gasteiger partial charge in [-0.1, -0.05) is 29.5 Å². The van der Waals surface area contributed by atoms with Crippen molar-refractivity contribution in [2.24, 2.45) is 11.7 Å². The number of carbonyl (C=O) groups is 3. The van der Waals surface area contributed by atoms with E-state index < -0.39 is 41.8 Å². The second-order valence-electron chi connectivity index (χ2n) is 10.3. The molecule has 236 valence electrons. The lowest BCUT2D eigenvalue weighted by molar-refractivity contribution is -0.137. The minimum absolute atomic E-state index is 0.0296. The van der Waals surface area contributed by atoms with Crippen LogP contribution in [0.25, 0.3) is 10.2 Å². The molecule has 1 saturated carbocycles. The zero-order valence-corrected chi connectivity index (χ0v) is 24.1. The van der Waals surface area contributed by atoms with Crippen molar-refractivity contribution >= 4 is 50.3 Å². The number of fused-ring (bicyclic) bond motifs is 1. The molecule has 15 heteroatoms. The molecule has 4 aromatic rings. The average Bonchev–Trinajstić information content (AvgIpc) is 3.35. The van der Waals surface area contributed by atoms with Crippen LogP contribution in [-0.2, 0) is 26.9 Å². The summed E-state index contributed by atoms with van der Waals surface area (Å²) < 4.78 is 79.4. The molecular formula is C30H25F5N4O5S. The van der Waals surface area contributed by atoms with E-state index >= 15 is 0 Å². The number of nitrogens with two attached hydrogens (primary N) is 1. The van der Waals surface area contributed by atoms with Gasteiger partial charge in [0.2, 0.25) is 11.8 Å². The summed E-state index contributed by atoms with van der Waals surface area (Å²) >= 11 is 1.09. The zero-order valence-electron chi connectivity index (χ0n) is 23.3. The summed E-state index contributed by atoms with van der Waals surface area (Å²) in [5.74, 6) is -3.26. The highest BCUT2D eigenvalue weighted by Crippen LogP contribution is 2.36. The third kappa shape index (κ3) is 8.03. The molecule has 9 nitrogen and oxygen atoms in total. The van der Waals surface area contributed by atoms with Crippen LogP contribution in [-0.4, -0.2) is 29.0 Å². The lowest BCUT2D eigenvalue weighted by atomic mass is 9.87. The number of anilines is 2. The molecule has 0 aliphatic heterocycles. The van der Waals surface area contributed by atoms with Crippen LogP contribution in [0.5, 0.6) is 11.5 Å². The van der Waals surface area contributed by atoms with Gasteiger partial charge in [0.25, 0.3) is 0 Å². The van der Waals surface area contributed by atoms with E-state index in [0.29, 0.717) is 30.4 Å².